The van der Waals surface area contributed by atoms with Crippen molar-refractivity contribution in [3.8, 4) is 0 Å². The van der Waals surface area contributed by atoms with E-state index in [-0.39, 0.29) is 12.3 Å². The molecule has 10 N–H and O–H groups in total. The summed E-state index contributed by atoms with van der Waals surface area (Å²) in [4.78, 5) is 50.7. The molecule has 0 aromatic rings. The Bertz CT molecular complexity index is 634. The van der Waals surface area contributed by atoms with Gasteiger partial charge in [-0.1, -0.05) is 6.42 Å². The molecule has 1 aliphatic rings. The highest BCUT2D eigenvalue weighted by molar-refractivity contribution is 5.94. The van der Waals surface area contributed by atoms with E-state index in [4.69, 9.17) is 17.2 Å². The van der Waals surface area contributed by atoms with Gasteiger partial charge in [0.1, 0.15) is 18.1 Å². The normalized spacial score (nSPS) is 18.6. The van der Waals surface area contributed by atoms with Gasteiger partial charge >= 0.3 is 5.97 Å². The molecule has 1 rings (SSSR count). The number of rotatable bonds is 15. The van der Waals surface area contributed by atoms with Crippen LogP contribution in [0.1, 0.15) is 51.4 Å². The maximum Gasteiger partial charge on any atom is 0.326 e. The molecule has 32 heavy (non-hydrogen) atoms. The lowest BCUT2D eigenvalue weighted by atomic mass is 10.1. The Morgan fingerprint density at radius 3 is 2.16 bits per heavy atom. The number of likely N-dealkylation sites (tertiary alicyclic amines) is 1. The third-order valence-corrected chi connectivity index (χ3v) is 5.50. The van der Waals surface area contributed by atoms with Crippen LogP contribution in [-0.2, 0) is 19.2 Å². The Morgan fingerprint density at radius 2 is 1.59 bits per heavy atom. The number of aliphatic hydroxyl groups excluding tert-OH is 1. The van der Waals surface area contributed by atoms with Crippen molar-refractivity contribution in [3.63, 3.8) is 0 Å². The van der Waals surface area contributed by atoms with Crippen molar-refractivity contribution in [2.45, 2.75) is 75.5 Å². The van der Waals surface area contributed by atoms with E-state index in [1.54, 1.807) is 0 Å². The number of carboxylic acids is 1. The highest BCUT2D eigenvalue weighted by Crippen LogP contribution is 2.19. The molecule has 1 aliphatic heterocycles. The first-order valence-electron chi connectivity index (χ1n) is 11.2. The number of nitrogens with zero attached hydrogens (tertiary/aromatic N) is 1. The molecule has 0 aromatic carbocycles. The average Bonchev–Trinajstić information content (AvgIpc) is 3.26. The van der Waals surface area contributed by atoms with Gasteiger partial charge in [-0.2, -0.15) is 0 Å². The highest BCUT2D eigenvalue weighted by Gasteiger charge is 2.37. The van der Waals surface area contributed by atoms with Gasteiger partial charge in [0.15, 0.2) is 0 Å². The summed E-state index contributed by atoms with van der Waals surface area (Å²) >= 11 is 0. The summed E-state index contributed by atoms with van der Waals surface area (Å²) in [5.41, 5.74) is 16.8. The zero-order chi connectivity index (χ0) is 24.1. The number of hydrogen-bond donors (Lipinski definition) is 7. The second-order valence-electron chi connectivity index (χ2n) is 8.01. The molecular formula is C20H38N6O6. The summed E-state index contributed by atoms with van der Waals surface area (Å²) in [5, 5.41) is 23.7. The van der Waals surface area contributed by atoms with E-state index in [1.165, 1.54) is 4.90 Å². The Hall–Kier alpha value is -2.28. The smallest absolute Gasteiger partial charge is 0.326 e. The summed E-state index contributed by atoms with van der Waals surface area (Å²) in [5.74, 6) is -2.95. The zero-order valence-electron chi connectivity index (χ0n) is 18.5. The topological polar surface area (TPSA) is 214 Å². The van der Waals surface area contributed by atoms with Crippen LogP contribution in [0.25, 0.3) is 0 Å². The van der Waals surface area contributed by atoms with E-state index >= 15 is 0 Å². The van der Waals surface area contributed by atoms with Crippen LogP contribution in [0.2, 0.25) is 0 Å². The zero-order valence-corrected chi connectivity index (χ0v) is 18.5. The SMILES string of the molecule is NCCCCC(N)C(=O)N1CCCC1C(=O)NC(CO)C(=O)NC(CCCCN)C(=O)O. The molecule has 4 unspecified atom stereocenters. The molecule has 1 saturated heterocycles. The Kier molecular flexibility index (Phi) is 12.8. The lowest BCUT2D eigenvalue weighted by Crippen LogP contribution is -2.57. The van der Waals surface area contributed by atoms with Crippen molar-refractivity contribution in [2.24, 2.45) is 17.2 Å². The first kappa shape index (κ1) is 27.8. The minimum absolute atomic E-state index is 0.178. The fourth-order valence-corrected chi connectivity index (χ4v) is 3.63. The van der Waals surface area contributed by atoms with Crippen LogP contribution in [0.4, 0.5) is 0 Å². The van der Waals surface area contributed by atoms with Crippen LogP contribution in [0.15, 0.2) is 0 Å². The number of carbonyl (C=O) groups is 4. The molecule has 0 aliphatic carbocycles. The first-order valence-corrected chi connectivity index (χ1v) is 11.2. The molecule has 0 spiro atoms. The van der Waals surface area contributed by atoms with Gasteiger partial charge in [0.05, 0.1) is 12.6 Å². The Balaban J connectivity index is 2.70. The van der Waals surface area contributed by atoms with E-state index in [2.05, 4.69) is 10.6 Å². The molecular weight excluding hydrogens is 420 g/mol. The van der Waals surface area contributed by atoms with Gasteiger partial charge in [-0.15, -0.1) is 0 Å². The lowest BCUT2D eigenvalue weighted by molar-refractivity contribution is -0.143. The number of aliphatic carboxylic acids is 1. The minimum atomic E-state index is -1.34. The summed E-state index contributed by atoms with van der Waals surface area (Å²) in [6.45, 7) is 0.574. The molecule has 1 heterocycles. The number of carboxylic acid groups (broad SMARTS) is 1. The van der Waals surface area contributed by atoms with Gasteiger partial charge in [0.25, 0.3) is 0 Å². The van der Waals surface area contributed by atoms with Crippen LogP contribution in [0.5, 0.6) is 0 Å². The van der Waals surface area contributed by atoms with Crippen molar-refractivity contribution >= 4 is 23.7 Å². The number of unbranched alkanes of at least 4 members (excludes halogenated alkanes) is 2. The molecule has 3 amide bonds. The number of aliphatic hydroxyl groups is 1. The largest absolute Gasteiger partial charge is 0.480 e. The van der Waals surface area contributed by atoms with Crippen LogP contribution < -0.4 is 27.8 Å². The van der Waals surface area contributed by atoms with Crippen LogP contribution >= 0.6 is 0 Å². The van der Waals surface area contributed by atoms with E-state index in [9.17, 15) is 29.4 Å². The van der Waals surface area contributed by atoms with Gasteiger partial charge in [-0.25, -0.2) is 4.79 Å². The molecule has 0 radical (unpaired) electrons. The van der Waals surface area contributed by atoms with Gasteiger partial charge in [0.2, 0.25) is 17.7 Å². The monoisotopic (exact) mass is 458 g/mol. The van der Waals surface area contributed by atoms with Gasteiger partial charge in [-0.05, 0) is 58.0 Å². The summed E-state index contributed by atoms with van der Waals surface area (Å²) in [6, 6.07) is -4.04. The standard InChI is InChI=1S/C20H38N6O6/c21-9-3-1-6-13(23)19(30)26-11-5-8-16(26)18(29)25-15(12-27)17(28)24-14(20(31)32)7-2-4-10-22/h13-16,27H,1-12,21-23H2,(H,24,28)(H,25,29)(H,31,32). The molecule has 4 atom stereocenters. The lowest BCUT2D eigenvalue weighted by Gasteiger charge is -2.28. The predicted molar refractivity (Wildman–Crippen MR) is 117 cm³/mol. The number of amides is 3. The van der Waals surface area contributed by atoms with E-state index in [1.807, 2.05) is 0 Å². The summed E-state index contributed by atoms with van der Waals surface area (Å²) < 4.78 is 0. The fraction of sp³-hybridized carbons (Fsp3) is 0.800. The molecule has 0 aromatic heterocycles. The quantitative estimate of drug-likeness (QED) is 0.130. The number of nitrogens with one attached hydrogen (secondary N) is 2. The molecule has 184 valence electrons. The van der Waals surface area contributed by atoms with Crippen molar-refractivity contribution in [3.05, 3.63) is 0 Å². The number of hydrogen-bond acceptors (Lipinski definition) is 8. The third-order valence-electron chi connectivity index (χ3n) is 5.50. The van der Waals surface area contributed by atoms with E-state index in [0.29, 0.717) is 58.2 Å². The van der Waals surface area contributed by atoms with Crippen molar-refractivity contribution in [1.82, 2.24) is 15.5 Å². The molecule has 12 heteroatoms. The second-order valence-corrected chi connectivity index (χ2v) is 8.01. The summed E-state index contributed by atoms with van der Waals surface area (Å²) in [6.07, 6.45) is 4.23. The van der Waals surface area contributed by atoms with Gasteiger partial charge in [-0.3, -0.25) is 14.4 Å². The Morgan fingerprint density at radius 1 is 0.969 bits per heavy atom. The molecule has 1 fully saturated rings. The van der Waals surface area contributed by atoms with Gasteiger partial charge < -0.3 is 42.9 Å². The van der Waals surface area contributed by atoms with Crippen LogP contribution in [0.3, 0.4) is 0 Å². The molecule has 0 bridgehead atoms. The fourth-order valence-electron chi connectivity index (χ4n) is 3.63. The van der Waals surface area contributed by atoms with Crippen LogP contribution in [-0.4, -0.2) is 89.2 Å². The minimum Gasteiger partial charge on any atom is -0.480 e. The number of carbonyl (C=O) groups excluding carboxylic acids is 3. The highest BCUT2D eigenvalue weighted by atomic mass is 16.4. The van der Waals surface area contributed by atoms with Crippen LogP contribution in [0, 0.1) is 0 Å². The maximum absolute atomic E-state index is 12.8. The Labute approximate surface area is 188 Å². The van der Waals surface area contributed by atoms with E-state index in [0.717, 1.165) is 6.42 Å². The predicted octanol–water partition coefficient (Wildman–Crippen LogP) is -2.39. The average molecular weight is 459 g/mol. The molecule has 12 nitrogen and oxygen atoms in total. The molecule has 0 saturated carbocycles. The third kappa shape index (κ3) is 8.69. The maximum atomic E-state index is 12.8. The van der Waals surface area contributed by atoms with Crippen molar-refractivity contribution in [2.75, 3.05) is 26.2 Å². The van der Waals surface area contributed by atoms with Gasteiger partial charge in [0, 0.05) is 6.54 Å². The first-order chi connectivity index (χ1) is 15.3. The van der Waals surface area contributed by atoms with Crippen molar-refractivity contribution < 1.29 is 29.4 Å². The van der Waals surface area contributed by atoms with E-state index < -0.39 is 48.6 Å². The summed E-state index contributed by atoms with van der Waals surface area (Å²) in [7, 11) is 0. The van der Waals surface area contributed by atoms with Crippen molar-refractivity contribution in [1.29, 1.82) is 0 Å². The number of nitrogens with two attached hydrogens (primary N) is 3. The second kappa shape index (κ2) is 14.7.